The van der Waals surface area contributed by atoms with Crippen molar-refractivity contribution >= 4 is 23.3 Å². The largest absolute Gasteiger partial charge is 0.369 e. The third-order valence-corrected chi connectivity index (χ3v) is 4.14. The van der Waals surface area contributed by atoms with Crippen LogP contribution in [0, 0.1) is 0 Å². The second-order valence-corrected chi connectivity index (χ2v) is 5.71. The van der Waals surface area contributed by atoms with Gasteiger partial charge >= 0.3 is 0 Å². The van der Waals surface area contributed by atoms with Gasteiger partial charge in [-0.1, -0.05) is 25.0 Å². The zero-order valence-corrected chi connectivity index (χ0v) is 11.4. The summed E-state index contributed by atoms with van der Waals surface area (Å²) in [6.45, 7) is 1.35. The van der Waals surface area contributed by atoms with E-state index >= 15 is 0 Å². The molecule has 1 aromatic rings. The molecule has 0 aromatic carbocycles. The van der Waals surface area contributed by atoms with E-state index in [0.29, 0.717) is 12.6 Å². The molecular formula is C14H20N2OS. The van der Waals surface area contributed by atoms with Crippen LogP contribution in [0.1, 0.15) is 30.6 Å². The van der Waals surface area contributed by atoms with Crippen molar-refractivity contribution in [3.05, 3.63) is 28.5 Å². The van der Waals surface area contributed by atoms with Gasteiger partial charge in [-0.15, -0.1) is 11.3 Å². The Morgan fingerprint density at radius 2 is 2.39 bits per heavy atom. The lowest BCUT2D eigenvalue weighted by Crippen LogP contribution is -2.40. The molecule has 18 heavy (non-hydrogen) atoms. The van der Waals surface area contributed by atoms with E-state index < -0.39 is 0 Å². The van der Waals surface area contributed by atoms with Crippen LogP contribution >= 0.6 is 11.3 Å². The van der Waals surface area contributed by atoms with E-state index in [4.69, 9.17) is 5.73 Å². The van der Waals surface area contributed by atoms with Crippen LogP contribution in [0.2, 0.25) is 0 Å². The van der Waals surface area contributed by atoms with Crippen LogP contribution in [0.5, 0.6) is 0 Å². The van der Waals surface area contributed by atoms with Crippen LogP contribution < -0.4 is 5.73 Å². The number of hydrogen-bond donors (Lipinski definition) is 1. The second kappa shape index (κ2) is 6.71. The van der Waals surface area contributed by atoms with Gasteiger partial charge in [0.05, 0.1) is 6.54 Å². The summed E-state index contributed by atoms with van der Waals surface area (Å²) >= 11 is 1.73. The van der Waals surface area contributed by atoms with E-state index in [2.05, 4.69) is 34.6 Å². The van der Waals surface area contributed by atoms with E-state index in [0.717, 1.165) is 19.4 Å². The number of thiophene rings is 1. The average molecular weight is 264 g/mol. The van der Waals surface area contributed by atoms with Crippen molar-refractivity contribution in [3.63, 3.8) is 0 Å². The van der Waals surface area contributed by atoms with Gasteiger partial charge in [-0.05, 0) is 36.9 Å². The molecule has 0 radical (unpaired) electrons. The Bertz CT molecular complexity index is 400. The Balaban J connectivity index is 2.03. The summed E-state index contributed by atoms with van der Waals surface area (Å²) in [5, 5.41) is 2.08. The lowest BCUT2D eigenvalue weighted by molar-refractivity contribution is -0.119. The van der Waals surface area contributed by atoms with E-state index in [1.54, 1.807) is 11.3 Å². The van der Waals surface area contributed by atoms with Crippen molar-refractivity contribution in [2.45, 2.75) is 31.7 Å². The summed E-state index contributed by atoms with van der Waals surface area (Å²) in [4.78, 5) is 14.6. The zero-order valence-electron chi connectivity index (χ0n) is 10.5. The monoisotopic (exact) mass is 264 g/mol. The van der Waals surface area contributed by atoms with Crippen molar-refractivity contribution in [3.8, 4) is 0 Å². The molecule has 3 nitrogen and oxygen atoms in total. The minimum absolute atomic E-state index is 0.230. The van der Waals surface area contributed by atoms with Crippen molar-refractivity contribution in [1.82, 2.24) is 4.90 Å². The molecule has 1 unspecified atom stereocenters. The number of nitrogens with two attached hydrogens (primary N) is 1. The van der Waals surface area contributed by atoms with Gasteiger partial charge in [0.25, 0.3) is 0 Å². The van der Waals surface area contributed by atoms with Crippen molar-refractivity contribution in [2.75, 3.05) is 13.1 Å². The topological polar surface area (TPSA) is 46.3 Å². The molecule has 2 N–H and O–H groups in total. The zero-order chi connectivity index (χ0) is 12.8. The number of rotatable bonds is 4. The minimum atomic E-state index is -0.230. The lowest BCUT2D eigenvalue weighted by atomic mass is 10.1. The summed E-state index contributed by atoms with van der Waals surface area (Å²) in [7, 11) is 0. The quantitative estimate of drug-likeness (QED) is 0.908. The van der Waals surface area contributed by atoms with Crippen LogP contribution in [0.15, 0.2) is 23.6 Å². The fourth-order valence-corrected chi connectivity index (χ4v) is 3.03. The summed E-state index contributed by atoms with van der Waals surface area (Å²) in [5.74, 6) is -0.230. The Kier molecular flexibility index (Phi) is 4.96. The SMILES string of the molecule is NC(=O)CN1CCCCCC1/C=C/c1cccs1. The number of primary amides is 1. The summed E-state index contributed by atoms with van der Waals surface area (Å²) in [5.41, 5.74) is 5.32. The number of carbonyl (C=O) groups is 1. The maximum absolute atomic E-state index is 11.1. The van der Waals surface area contributed by atoms with Crippen molar-refractivity contribution in [2.24, 2.45) is 5.73 Å². The number of hydrogen-bond acceptors (Lipinski definition) is 3. The highest BCUT2D eigenvalue weighted by molar-refractivity contribution is 7.10. The molecule has 1 aliphatic heterocycles. The first-order chi connectivity index (χ1) is 8.75. The van der Waals surface area contributed by atoms with Gasteiger partial charge in [0.2, 0.25) is 5.91 Å². The van der Waals surface area contributed by atoms with Crippen LogP contribution in [-0.4, -0.2) is 29.9 Å². The third kappa shape index (κ3) is 3.96. The average Bonchev–Trinajstić information content (AvgIpc) is 2.75. The number of amides is 1. The molecular weight excluding hydrogens is 244 g/mol. The van der Waals surface area contributed by atoms with Gasteiger partial charge in [0, 0.05) is 10.9 Å². The minimum Gasteiger partial charge on any atom is -0.369 e. The van der Waals surface area contributed by atoms with Crippen LogP contribution in [0.3, 0.4) is 0 Å². The number of nitrogens with zero attached hydrogens (tertiary/aromatic N) is 1. The fourth-order valence-electron chi connectivity index (χ4n) is 2.40. The highest BCUT2D eigenvalue weighted by Crippen LogP contribution is 2.19. The molecule has 0 saturated carbocycles. The Hall–Kier alpha value is -1.13. The maximum atomic E-state index is 11.1. The smallest absolute Gasteiger partial charge is 0.231 e. The fraction of sp³-hybridized carbons (Fsp3) is 0.500. The van der Waals surface area contributed by atoms with Gasteiger partial charge in [-0.3, -0.25) is 9.69 Å². The number of carbonyl (C=O) groups excluding carboxylic acids is 1. The molecule has 1 atom stereocenters. The molecule has 1 amide bonds. The summed E-state index contributed by atoms with van der Waals surface area (Å²) in [6, 6.07) is 4.51. The molecule has 4 heteroatoms. The normalized spacial score (nSPS) is 22.1. The van der Waals surface area contributed by atoms with Gasteiger partial charge in [0.15, 0.2) is 0 Å². The van der Waals surface area contributed by atoms with E-state index in [1.807, 2.05) is 0 Å². The number of likely N-dealkylation sites (tertiary alicyclic amines) is 1. The summed E-state index contributed by atoms with van der Waals surface area (Å²) < 4.78 is 0. The standard InChI is InChI=1S/C14H20N2OS/c15-14(17)11-16-9-3-1-2-5-12(16)7-8-13-6-4-10-18-13/h4,6-8,10,12H,1-3,5,9,11H2,(H2,15,17)/b8-7+. The molecule has 98 valence electrons. The van der Waals surface area contributed by atoms with E-state index in [-0.39, 0.29) is 5.91 Å². The van der Waals surface area contributed by atoms with Crippen LogP contribution in [0.4, 0.5) is 0 Å². The molecule has 1 saturated heterocycles. The van der Waals surface area contributed by atoms with Crippen LogP contribution in [0.25, 0.3) is 6.08 Å². The molecule has 0 aliphatic carbocycles. The predicted octanol–water partition coefficient (Wildman–Crippen LogP) is 2.49. The molecule has 1 aliphatic rings. The molecule has 0 bridgehead atoms. The first-order valence-electron chi connectivity index (χ1n) is 6.50. The third-order valence-electron chi connectivity index (χ3n) is 3.30. The highest BCUT2D eigenvalue weighted by atomic mass is 32.1. The highest BCUT2D eigenvalue weighted by Gasteiger charge is 2.19. The van der Waals surface area contributed by atoms with Crippen molar-refractivity contribution in [1.29, 1.82) is 0 Å². The first-order valence-corrected chi connectivity index (χ1v) is 7.38. The van der Waals surface area contributed by atoms with Crippen molar-refractivity contribution < 1.29 is 4.79 Å². The van der Waals surface area contributed by atoms with Crippen LogP contribution in [-0.2, 0) is 4.79 Å². The van der Waals surface area contributed by atoms with Gasteiger partial charge in [-0.25, -0.2) is 0 Å². The maximum Gasteiger partial charge on any atom is 0.231 e. The Labute approximate surface area is 112 Å². The lowest BCUT2D eigenvalue weighted by Gasteiger charge is -2.26. The van der Waals surface area contributed by atoms with Gasteiger partial charge < -0.3 is 5.73 Å². The van der Waals surface area contributed by atoms with Gasteiger partial charge in [0.1, 0.15) is 0 Å². The molecule has 2 rings (SSSR count). The van der Waals surface area contributed by atoms with E-state index in [1.165, 1.54) is 17.7 Å². The predicted molar refractivity (Wildman–Crippen MR) is 76.4 cm³/mol. The Morgan fingerprint density at radius 3 is 3.11 bits per heavy atom. The molecule has 0 spiro atoms. The Morgan fingerprint density at radius 1 is 1.50 bits per heavy atom. The second-order valence-electron chi connectivity index (χ2n) is 4.73. The first kappa shape index (κ1) is 13.3. The van der Waals surface area contributed by atoms with E-state index in [9.17, 15) is 4.79 Å². The van der Waals surface area contributed by atoms with Gasteiger partial charge in [-0.2, -0.15) is 0 Å². The molecule has 2 heterocycles. The molecule has 1 aromatic heterocycles. The summed E-state index contributed by atoms with van der Waals surface area (Å²) in [6.07, 6.45) is 9.15. The molecule has 1 fully saturated rings.